The van der Waals surface area contributed by atoms with Crippen LogP contribution < -0.4 is 5.32 Å². The molecule has 0 unspecified atom stereocenters. The molecule has 4 nitrogen and oxygen atoms in total. The van der Waals surface area contributed by atoms with E-state index in [1.165, 1.54) is 11.3 Å². The van der Waals surface area contributed by atoms with Crippen molar-refractivity contribution in [1.82, 2.24) is 0 Å². The van der Waals surface area contributed by atoms with E-state index in [4.69, 9.17) is 4.74 Å². The monoisotopic (exact) mass is 345 g/mol. The second-order valence-corrected chi connectivity index (χ2v) is 6.89. The number of esters is 1. The van der Waals surface area contributed by atoms with Crippen LogP contribution in [0, 0.1) is 20.8 Å². The lowest BCUT2D eigenvalue weighted by Gasteiger charge is -2.09. The van der Waals surface area contributed by atoms with Gasteiger partial charge < -0.3 is 10.1 Å². The standard InChI is InChI=1S/C19H23NO3S/c1-6-15-13(5)24-18(16(15)19(22)23-7-2)20-17(21)14-9-8-11(3)12(4)10-14/h8-10H,6-7H2,1-5H3,(H,20,21). The van der Waals surface area contributed by atoms with Gasteiger partial charge in [-0.15, -0.1) is 11.3 Å². The number of thiophene rings is 1. The number of anilines is 1. The molecule has 0 radical (unpaired) electrons. The Morgan fingerprint density at radius 3 is 2.42 bits per heavy atom. The smallest absolute Gasteiger partial charge is 0.341 e. The summed E-state index contributed by atoms with van der Waals surface area (Å²) in [7, 11) is 0. The molecule has 0 bridgehead atoms. The van der Waals surface area contributed by atoms with Gasteiger partial charge in [0.2, 0.25) is 0 Å². The van der Waals surface area contributed by atoms with E-state index in [9.17, 15) is 9.59 Å². The third-order valence-corrected chi connectivity index (χ3v) is 5.10. The van der Waals surface area contributed by atoms with Crippen LogP contribution in [0.15, 0.2) is 18.2 Å². The van der Waals surface area contributed by atoms with Gasteiger partial charge in [0.05, 0.1) is 12.2 Å². The minimum absolute atomic E-state index is 0.215. The first-order chi connectivity index (χ1) is 11.4. The van der Waals surface area contributed by atoms with Crippen LogP contribution in [0.2, 0.25) is 0 Å². The van der Waals surface area contributed by atoms with Gasteiger partial charge in [-0.05, 0) is 62.9 Å². The number of rotatable bonds is 5. The van der Waals surface area contributed by atoms with E-state index in [0.717, 1.165) is 28.0 Å². The highest BCUT2D eigenvalue weighted by Gasteiger charge is 2.23. The van der Waals surface area contributed by atoms with Crippen LogP contribution in [-0.4, -0.2) is 18.5 Å². The first-order valence-electron chi connectivity index (χ1n) is 8.07. The average molecular weight is 345 g/mol. The SMILES string of the molecule is CCOC(=O)c1c(NC(=O)c2ccc(C)c(C)c2)sc(C)c1CC. The Morgan fingerprint density at radius 2 is 1.83 bits per heavy atom. The topological polar surface area (TPSA) is 55.4 Å². The third kappa shape index (κ3) is 3.67. The third-order valence-electron chi connectivity index (χ3n) is 4.04. The zero-order valence-corrected chi connectivity index (χ0v) is 15.6. The molecular weight excluding hydrogens is 322 g/mol. The summed E-state index contributed by atoms with van der Waals surface area (Å²) in [6.45, 7) is 10.0. The largest absolute Gasteiger partial charge is 0.462 e. The van der Waals surface area contributed by atoms with Crippen molar-refractivity contribution in [3.63, 3.8) is 0 Å². The fraction of sp³-hybridized carbons (Fsp3) is 0.368. The number of benzene rings is 1. The van der Waals surface area contributed by atoms with E-state index >= 15 is 0 Å². The number of nitrogens with one attached hydrogen (secondary N) is 1. The number of hydrogen-bond donors (Lipinski definition) is 1. The Kier molecular flexibility index (Phi) is 5.78. The van der Waals surface area contributed by atoms with Crippen molar-refractivity contribution in [3.05, 3.63) is 50.9 Å². The molecule has 2 aromatic rings. The van der Waals surface area contributed by atoms with Crippen LogP contribution in [0.3, 0.4) is 0 Å². The number of carbonyl (C=O) groups is 2. The molecular formula is C19H23NO3S. The summed E-state index contributed by atoms with van der Waals surface area (Å²) < 4.78 is 5.16. The Bertz CT molecular complexity index is 777. The second kappa shape index (κ2) is 7.62. The average Bonchev–Trinajstić information content (AvgIpc) is 2.85. The molecule has 0 aliphatic heterocycles. The van der Waals surface area contributed by atoms with Crippen LogP contribution in [0.4, 0.5) is 5.00 Å². The summed E-state index contributed by atoms with van der Waals surface area (Å²) in [6, 6.07) is 5.58. The van der Waals surface area contributed by atoms with Crippen LogP contribution in [0.1, 0.15) is 56.1 Å². The molecule has 5 heteroatoms. The van der Waals surface area contributed by atoms with Crippen molar-refractivity contribution in [1.29, 1.82) is 0 Å². The van der Waals surface area contributed by atoms with E-state index in [1.807, 2.05) is 39.8 Å². The summed E-state index contributed by atoms with van der Waals surface area (Å²) in [5.41, 5.74) is 4.20. The van der Waals surface area contributed by atoms with Gasteiger partial charge in [0.1, 0.15) is 5.00 Å². The van der Waals surface area contributed by atoms with E-state index in [1.54, 1.807) is 13.0 Å². The Labute approximate surface area is 146 Å². The number of hydrogen-bond acceptors (Lipinski definition) is 4. The van der Waals surface area contributed by atoms with E-state index < -0.39 is 0 Å². The van der Waals surface area contributed by atoms with Gasteiger partial charge >= 0.3 is 5.97 Å². The lowest BCUT2D eigenvalue weighted by molar-refractivity contribution is 0.0527. The van der Waals surface area contributed by atoms with E-state index in [-0.39, 0.29) is 11.9 Å². The normalized spacial score (nSPS) is 10.5. The molecule has 1 amide bonds. The number of amides is 1. The Balaban J connectivity index is 2.36. The molecule has 0 atom stereocenters. The molecule has 128 valence electrons. The molecule has 1 heterocycles. The molecule has 1 aromatic carbocycles. The maximum Gasteiger partial charge on any atom is 0.341 e. The molecule has 24 heavy (non-hydrogen) atoms. The van der Waals surface area contributed by atoms with Gasteiger partial charge in [-0.2, -0.15) is 0 Å². The Morgan fingerprint density at radius 1 is 1.12 bits per heavy atom. The zero-order chi connectivity index (χ0) is 17.9. The number of aryl methyl sites for hydroxylation is 3. The fourth-order valence-electron chi connectivity index (χ4n) is 2.57. The van der Waals surface area contributed by atoms with Crippen LogP contribution in [0.25, 0.3) is 0 Å². The van der Waals surface area contributed by atoms with Gasteiger partial charge in [-0.1, -0.05) is 13.0 Å². The summed E-state index contributed by atoms with van der Waals surface area (Å²) in [4.78, 5) is 25.9. The molecule has 0 saturated heterocycles. The maximum absolute atomic E-state index is 12.6. The second-order valence-electron chi connectivity index (χ2n) is 5.67. The van der Waals surface area contributed by atoms with Crippen LogP contribution in [-0.2, 0) is 11.2 Å². The zero-order valence-electron chi connectivity index (χ0n) is 14.8. The molecule has 0 aliphatic rings. The van der Waals surface area contributed by atoms with Gasteiger partial charge in [0.15, 0.2) is 0 Å². The molecule has 1 N–H and O–H groups in total. The number of carbonyl (C=O) groups excluding carboxylic acids is 2. The Hall–Kier alpha value is -2.14. The molecule has 1 aromatic heterocycles. The van der Waals surface area contributed by atoms with Crippen LogP contribution >= 0.6 is 11.3 Å². The van der Waals surface area contributed by atoms with Crippen molar-refractivity contribution in [2.24, 2.45) is 0 Å². The number of ether oxygens (including phenoxy) is 1. The molecule has 0 aliphatic carbocycles. The van der Waals surface area contributed by atoms with E-state index in [0.29, 0.717) is 22.7 Å². The minimum Gasteiger partial charge on any atom is -0.462 e. The van der Waals surface area contributed by atoms with Gasteiger partial charge in [-0.25, -0.2) is 4.79 Å². The van der Waals surface area contributed by atoms with Crippen molar-refractivity contribution < 1.29 is 14.3 Å². The van der Waals surface area contributed by atoms with E-state index in [2.05, 4.69) is 5.32 Å². The maximum atomic E-state index is 12.6. The minimum atomic E-state index is -0.380. The van der Waals surface area contributed by atoms with Crippen LogP contribution in [0.5, 0.6) is 0 Å². The predicted octanol–water partition coefficient (Wildman–Crippen LogP) is 4.66. The lowest BCUT2D eigenvalue weighted by Crippen LogP contribution is -2.15. The van der Waals surface area contributed by atoms with Crippen molar-refractivity contribution in [2.75, 3.05) is 11.9 Å². The summed E-state index contributed by atoms with van der Waals surface area (Å²) >= 11 is 1.42. The summed E-state index contributed by atoms with van der Waals surface area (Å²) in [5.74, 6) is -0.596. The highest BCUT2D eigenvalue weighted by Crippen LogP contribution is 2.34. The first-order valence-corrected chi connectivity index (χ1v) is 8.88. The predicted molar refractivity (Wildman–Crippen MR) is 98.3 cm³/mol. The highest BCUT2D eigenvalue weighted by atomic mass is 32.1. The molecule has 0 fully saturated rings. The summed E-state index contributed by atoms with van der Waals surface area (Å²) in [5, 5.41) is 3.45. The van der Waals surface area contributed by atoms with Crippen molar-refractivity contribution in [2.45, 2.75) is 41.0 Å². The molecule has 0 saturated carbocycles. The summed E-state index contributed by atoms with van der Waals surface area (Å²) in [6.07, 6.45) is 0.718. The van der Waals surface area contributed by atoms with Gasteiger partial charge in [-0.3, -0.25) is 4.79 Å². The van der Waals surface area contributed by atoms with Crippen molar-refractivity contribution in [3.8, 4) is 0 Å². The highest BCUT2D eigenvalue weighted by molar-refractivity contribution is 7.16. The van der Waals surface area contributed by atoms with Crippen molar-refractivity contribution >= 4 is 28.2 Å². The molecule has 2 rings (SSSR count). The molecule has 0 spiro atoms. The van der Waals surface area contributed by atoms with Gasteiger partial charge in [0.25, 0.3) is 5.91 Å². The fourth-order valence-corrected chi connectivity index (χ4v) is 3.70. The quantitative estimate of drug-likeness (QED) is 0.802. The first kappa shape index (κ1) is 18.2. The van der Waals surface area contributed by atoms with Gasteiger partial charge in [0, 0.05) is 10.4 Å². The lowest BCUT2D eigenvalue weighted by atomic mass is 10.1.